The molecule has 17 heavy (non-hydrogen) atoms. The first-order valence-corrected chi connectivity index (χ1v) is 6.28. The lowest BCUT2D eigenvalue weighted by atomic mass is 10.2. The molecule has 0 amide bonds. The van der Waals surface area contributed by atoms with Crippen LogP contribution in [0.4, 0.5) is 5.69 Å². The molecule has 4 heteroatoms. The highest BCUT2D eigenvalue weighted by Crippen LogP contribution is 2.08. The van der Waals surface area contributed by atoms with Crippen molar-refractivity contribution >= 4 is 5.69 Å². The van der Waals surface area contributed by atoms with Crippen LogP contribution < -0.4 is 5.73 Å². The van der Waals surface area contributed by atoms with E-state index < -0.39 is 0 Å². The van der Waals surface area contributed by atoms with Crippen molar-refractivity contribution in [3.8, 4) is 0 Å². The molecular weight excluding hydrogens is 212 g/mol. The largest absolute Gasteiger partial charge is 0.397 e. The van der Waals surface area contributed by atoms with Crippen LogP contribution in [0.2, 0.25) is 0 Å². The van der Waals surface area contributed by atoms with Crippen LogP contribution in [0.5, 0.6) is 0 Å². The fraction of sp³-hybridized carbons (Fsp3) is 0.615. The van der Waals surface area contributed by atoms with E-state index in [9.17, 15) is 0 Å². The minimum Gasteiger partial charge on any atom is -0.397 e. The van der Waals surface area contributed by atoms with Crippen molar-refractivity contribution in [2.45, 2.75) is 19.4 Å². The van der Waals surface area contributed by atoms with Crippen molar-refractivity contribution in [2.24, 2.45) is 0 Å². The molecule has 1 fully saturated rings. The summed E-state index contributed by atoms with van der Waals surface area (Å²) >= 11 is 0. The van der Waals surface area contributed by atoms with Crippen LogP contribution in [0, 0.1) is 0 Å². The molecular formula is C13H22N4. The number of rotatable bonds is 3. The molecule has 0 saturated carbocycles. The zero-order valence-corrected chi connectivity index (χ0v) is 10.8. The lowest BCUT2D eigenvalue weighted by molar-refractivity contribution is 0.106. The van der Waals surface area contributed by atoms with Crippen LogP contribution in [0.3, 0.4) is 0 Å². The molecule has 1 aliphatic rings. The van der Waals surface area contributed by atoms with Gasteiger partial charge in [0.15, 0.2) is 0 Å². The Bertz CT molecular complexity index is 349. The van der Waals surface area contributed by atoms with E-state index in [1.54, 1.807) is 6.20 Å². The van der Waals surface area contributed by atoms with E-state index in [1.807, 2.05) is 12.1 Å². The zero-order chi connectivity index (χ0) is 12.3. The van der Waals surface area contributed by atoms with Crippen LogP contribution in [-0.2, 0) is 6.42 Å². The number of hydrogen-bond donors (Lipinski definition) is 1. The van der Waals surface area contributed by atoms with Crippen molar-refractivity contribution in [3.63, 3.8) is 0 Å². The van der Waals surface area contributed by atoms with Gasteiger partial charge in [-0.05, 0) is 26.1 Å². The number of piperazine rings is 1. The van der Waals surface area contributed by atoms with E-state index in [-0.39, 0.29) is 0 Å². The molecule has 94 valence electrons. The summed E-state index contributed by atoms with van der Waals surface area (Å²) in [5, 5.41) is 0. The second-order valence-electron chi connectivity index (χ2n) is 4.96. The zero-order valence-electron chi connectivity index (χ0n) is 10.8. The van der Waals surface area contributed by atoms with Gasteiger partial charge in [-0.15, -0.1) is 0 Å². The fourth-order valence-electron chi connectivity index (χ4n) is 2.18. The summed E-state index contributed by atoms with van der Waals surface area (Å²) in [6.45, 7) is 6.86. The molecule has 1 atom stereocenters. The van der Waals surface area contributed by atoms with Crippen LogP contribution in [-0.4, -0.2) is 54.1 Å². The van der Waals surface area contributed by atoms with Crippen LogP contribution >= 0.6 is 0 Å². The third kappa shape index (κ3) is 3.41. The van der Waals surface area contributed by atoms with Crippen molar-refractivity contribution in [1.82, 2.24) is 14.8 Å². The third-order valence-electron chi connectivity index (χ3n) is 3.58. The lowest BCUT2D eigenvalue weighted by Gasteiger charge is -2.37. The molecule has 2 rings (SSSR count). The lowest BCUT2D eigenvalue weighted by Crippen LogP contribution is -2.50. The highest BCUT2D eigenvalue weighted by atomic mass is 15.3. The number of likely N-dealkylation sites (N-methyl/N-ethyl adjacent to an activating group) is 1. The van der Waals surface area contributed by atoms with Gasteiger partial charge < -0.3 is 15.5 Å². The summed E-state index contributed by atoms with van der Waals surface area (Å²) in [5.41, 5.74) is 7.49. The molecule has 0 radical (unpaired) electrons. The second kappa shape index (κ2) is 5.47. The Hall–Kier alpha value is -1.13. The number of nitrogens with two attached hydrogens (primary N) is 1. The van der Waals surface area contributed by atoms with Crippen LogP contribution in [0.25, 0.3) is 0 Å². The van der Waals surface area contributed by atoms with E-state index in [2.05, 4.69) is 28.8 Å². The average molecular weight is 234 g/mol. The molecule has 1 aromatic heterocycles. The van der Waals surface area contributed by atoms with Gasteiger partial charge in [0.2, 0.25) is 0 Å². The molecule has 0 aromatic carbocycles. The SMILES string of the molecule is CC1CN(CCc2ccc(N)cn2)CCN1C. The van der Waals surface area contributed by atoms with E-state index in [0.717, 1.165) is 44.0 Å². The summed E-state index contributed by atoms with van der Waals surface area (Å²) in [4.78, 5) is 9.27. The summed E-state index contributed by atoms with van der Waals surface area (Å²) in [7, 11) is 2.20. The maximum absolute atomic E-state index is 5.62. The van der Waals surface area contributed by atoms with Gasteiger partial charge in [-0.25, -0.2) is 0 Å². The molecule has 1 aromatic rings. The Labute approximate surface area is 103 Å². The summed E-state index contributed by atoms with van der Waals surface area (Å²) < 4.78 is 0. The number of nitrogens with zero attached hydrogens (tertiary/aromatic N) is 3. The van der Waals surface area contributed by atoms with Crippen molar-refractivity contribution in [1.29, 1.82) is 0 Å². The quantitative estimate of drug-likeness (QED) is 0.842. The van der Waals surface area contributed by atoms with Gasteiger partial charge in [0.25, 0.3) is 0 Å². The Kier molecular flexibility index (Phi) is 3.97. The van der Waals surface area contributed by atoms with Crippen molar-refractivity contribution in [3.05, 3.63) is 24.0 Å². The number of anilines is 1. The second-order valence-corrected chi connectivity index (χ2v) is 4.96. The molecule has 0 spiro atoms. The van der Waals surface area contributed by atoms with Crippen LogP contribution in [0.15, 0.2) is 18.3 Å². The first-order chi connectivity index (χ1) is 8.15. The van der Waals surface area contributed by atoms with Crippen molar-refractivity contribution in [2.75, 3.05) is 39.0 Å². The average Bonchev–Trinajstić information content (AvgIpc) is 2.33. The monoisotopic (exact) mass is 234 g/mol. The molecule has 0 aliphatic carbocycles. The highest BCUT2D eigenvalue weighted by Gasteiger charge is 2.19. The topological polar surface area (TPSA) is 45.4 Å². The molecule has 1 aliphatic heterocycles. The standard InChI is InChI=1S/C13H22N4/c1-11-10-17(8-7-16(11)2)6-5-13-4-3-12(14)9-15-13/h3-4,9,11H,5-8,10,14H2,1-2H3. The Morgan fingerprint density at radius 1 is 1.41 bits per heavy atom. The van der Waals surface area contributed by atoms with Gasteiger partial charge in [-0.2, -0.15) is 0 Å². The smallest absolute Gasteiger partial charge is 0.0501 e. The van der Waals surface area contributed by atoms with E-state index in [4.69, 9.17) is 5.73 Å². The third-order valence-corrected chi connectivity index (χ3v) is 3.58. The number of pyridine rings is 1. The Balaban J connectivity index is 1.80. The fourth-order valence-corrected chi connectivity index (χ4v) is 2.18. The van der Waals surface area contributed by atoms with E-state index in [0.29, 0.717) is 6.04 Å². The first kappa shape index (κ1) is 12.3. The predicted octanol–water partition coefficient (Wildman–Crippen LogP) is 0.842. The van der Waals surface area contributed by atoms with Gasteiger partial charge in [0.1, 0.15) is 0 Å². The van der Waals surface area contributed by atoms with Gasteiger partial charge in [-0.3, -0.25) is 4.98 Å². The van der Waals surface area contributed by atoms with Crippen molar-refractivity contribution < 1.29 is 0 Å². The summed E-state index contributed by atoms with van der Waals surface area (Å²) in [6, 6.07) is 4.60. The van der Waals surface area contributed by atoms with E-state index in [1.165, 1.54) is 0 Å². The van der Waals surface area contributed by atoms with Crippen LogP contribution in [0.1, 0.15) is 12.6 Å². The minimum absolute atomic E-state index is 0.656. The van der Waals surface area contributed by atoms with Gasteiger partial charge in [0, 0.05) is 44.3 Å². The normalized spacial score (nSPS) is 22.8. The number of nitrogen functional groups attached to an aromatic ring is 1. The number of aromatic nitrogens is 1. The van der Waals surface area contributed by atoms with Gasteiger partial charge >= 0.3 is 0 Å². The molecule has 2 N–H and O–H groups in total. The molecule has 4 nitrogen and oxygen atoms in total. The van der Waals surface area contributed by atoms with E-state index >= 15 is 0 Å². The number of hydrogen-bond acceptors (Lipinski definition) is 4. The maximum Gasteiger partial charge on any atom is 0.0501 e. The Morgan fingerprint density at radius 3 is 2.88 bits per heavy atom. The summed E-state index contributed by atoms with van der Waals surface area (Å²) in [6.07, 6.45) is 2.75. The first-order valence-electron chi connectivity index (χ1n) is 6.28. The Morgan fingerprint density at radius 2 is 2.24 bits per heavy atom. The molecule has 0 bridgehead atoms. The maximum atomic E-state index is 5.62. The molecule has 2 heterocycles. The minimum atomic E-state index is 0.656. The summed E-state index contributed by atoms with van der Waals surface area (Å²) in [5.74, 6) is 0. The van der Waals surface area contributed by atoms with Gasteiger partial charge in [-0.1, -0.05) is 0 Å². The molecule has 1 saturated heterocycles. The highest BCUT2D eigenvalue weighted by molar-refractivity contribution is 5.34. The van der Waals surface area contributed by atoms with Gasteiger partial charge in [0.05, 0.1) is 11.9 Å². The molecule has 1 unspecified atom stereocenters. The predicted molar refractivity (Wildman–Crippen MR) is 70.9 cm³/mol.